The van der Waals surface area contributed by atoms with Crippen molar-refractivity contribution in [3.05, 3.63) is 0 Å². The first-order valence-electron chi connectivity index (χ1n) is 5.10. The second-order valence-electron chi connectivity index (χ2n) is 3.15. The first-order valence-corrected chi connectivity index (χ1v) is 6.49. The van der Waals surface area contributed by atoms with Gasteiger partial charge in [-0.15, -0.1) is 0 Å². The molecule has 0 spiro atoms. The highest BCUT2D eigenvalue weighted by molar-refractivity contribution is 7.98. The summed E-state index contributed by atoms with van der Waals surface area (Å²) in [5.74, 6) is 1.30. The van der Waals surface area contributed by atoms with Crippen LogP contribution in [0.3, 0.4) is 0 Å². The highest BCUT2D eigenvalue weighted by atomic mass is 32.2. The van der Waals surface area contributed by atoms with E-state index in [4.69, 9.17) is 4.74 Å². The molecule has 0 amide bonds. The van der Waals surface area contributed by atoms with Crippen LogP contribution in [0.15, 0.2) is 0 Å². The molecule has 0 bridgehead atoms. The maximum absolute atomic E-state index is 4.97. The summed E-state index contributed by atoms with van der Waals surface area (Å²) in [6.45, 7) is 3.21. The number of hydrogen-bond acceptors (Lipinski definition) is 3. The van der Waals surface area contributed by atoms with E-state index in [-0.39, 0.29) is 0 Å². The first kappa shape index (κ1) is 13.3. The highest BCUT2D eigenvalue weighted by Crippen LogP contribution is 1.97. The van der Waals surface area contributed by atoms with E-state index in [2.05, 4.69) is 11.6 Å². The van der Waals surface area contributed by atoms with Crippen LogP contribution in [0.5, 0.6) is 0 Å². The molecule has 0 aromatic heterocycles. The van der Waals surface area contributed by atoms with Gasteiger partial charge in [0.05, 0.1) is 0 Å². The van der Waals surface area contributed by atoms with Gasteiger partial charge in [0.15, 0.2) is 0 Å². The molecule has 80 valence electrons. The molecule has 0 saturated heterocycles. The molecule has 0 fully saturated rings. The molecule has 0 aliphatic carbocycles. The van der Waals surface area contributed by atoms with E-state index in [1.165, 1.54) is 38.0 Å². The van der Waals surface area contributed by atoms with Crippen molar-refractivity contribution in [3.8, 4) is 0 Å². The Morgan fingerprint density at radius 2 is 1.77 bits per heavy atom. The minimum Gasteiger partial charge on any atom is -0.385 e. The van der Waals surface area contributed by atoms with E-state index < -0.39 is 0 Å². The number of hydrogen-bond donors (Lipinski definition) is 1. The second kappa shape index (κ2) is 12.3. The maximum Gasteiger partial charge on any atom is 0.0462 e. The highest BCUT2D eigenvalue weighted by Gasteiger charge is 1.89. The summed E-state index contributed by atoms with van der Waals surface area (Å²) in [6.07, 6.45) is 7.22. The summed E-state index contributed by atoms with van der Waals surface area (Å²) in [7, 11) is 1.76. The molecule has 0 radical (unpaired) electrons. The number of rotatable bonds is 10. The first-order chi connectivity index (χ1) is 6.41. The van der Waals surface area contributed by atoms with Crippen LogP contribution in [0.1, 0.15) is 25.7 Å². The summed E-state index contributed by atoms with van der Waals surface area (Å²) in [6, 6.07) is 0. The van der Waals surface area contributed by atoms with Crippen molar-refractivity contribution < 1.29 is 4.74 Å². The molecule has 13 heavy (non-hydrogen) atoms. The monoisotopic (exact) mass is 205 g/mol. The number of thioether (sulfide) groups is 1. The zero-order valence-electron chi connectivity index (χ0n) is 8.97. The van der Waals surface area contributed by atoms with Crippen LogP contribution in [-0.2, 0) is 4.74 Å². The fraction of sp³-hybridized carbons (Fsp3) is 1.00. The number of nitrogens with one attached hydrogen (secondary N) is 1. The van der Waals surface area contributed by atoms with Crippen molar-refractivity contribution in [2.75, 3.05) is 38.8 Å². The van der Waals surface area contributed by atoms with Gasteiger partial charge in [-0.1, -0.05) is 0 Å². The molecular weight excluding hydrogens is 182 g/mol. The average molecular weight is 205 g/mol. The molecule has 0 atom stereocenters. The summed E-state index contributed by atoms with van der Waals surface area (Å²) >= 11 is 1.93. The lowest BCUT2D eigenvalue weighted by Gasteiger charge is -2.03. The van der Waals surface area contributed by atoms with Crippen molar-refractivity contribution in [1.29, 1.82) is 0 Å². The van der Waals surface area contributed by atoms with E-state index in [1.54, 1.807) is 7.11 Å². The lowest BCUT2D eigenvalue weighted by atomic mass is 10.3. The van der Waals surface area contributed by atoms with Crippen LogP contribution in [0.25, 0.3) is 0 Å². The van der Waals surface area contributed by atoms with Crippen LogP contribution in [0.4, 0.5) is 0 Å². The third-order valence-electron chi connectivity index (χ3n) is 1.90. The van der Waals surface area contributed by atoms with Crippen LogP contribution in [0, 0.1) is 0 Å². The summed E-state index contributed by atoms with van der Waals surface area (Å²) in [5, 5.41) is 3.44. The van der Waals surface area contributed by atoms with Crippen LogP contribution in [-0.4, -0.2) is 38.8 Å². The van der Waals surface area contributed by atoms with E-state index >= 15 is 0 Å². The molecule has 1 N–H and O–H groups in total. The van der Waals surface area contributed by atoms with E-state index in [9.17, 15) is 0 Å². The average Bonchev–Trinajstić information content (AvgIpc) is 2.16. The standard InChI is InChI=1S/C10H23NOS/c1-12-9-5-3-7-11-8-4-6-10-13-2/h11H,3-10H2,1-2H3. The SMILES string of the molecule is COCCCCNCCCCSC. The number of unbranched alkanes of at least 4 members (excludes halogenated alkanes) is 2. The predicted octanol–water partition coefficient (Wildman–Crippen LogP) is 2.15. The quantitative estimate of drug-likeness (QED) is 0.552. The van der Waals surface area contributed by atoms with Gasteiger partial charge in [0.1, 0.15) is 0 Å². The third kappa shape index (κ3) is 12.3. The molecule has 0 rings (SSSR count). The van der Waals surface area contributed by atoms with Gasteiger partial charge in [-0.25, -0.2) is 0 Å². The van der Waals surface area contributed by atoms with Gasteiger partial charge < -0.3 is 10.1 Å². The zero-order valence-corrected chi connectivity index (χ0v) is 9.79. The Morgan fingerprint density at radius 3 is 2.38 bits per heavy atom. The Balaban J connectivity index is 2.76. The molecule has 2 nitrogen and oxygen atoms in total. The van der Waals surface area contributed by atoms with Gasteiger partial charge in [-0.05, 0) is 50.8 Å². The van der Waals surface area contributed by atoms with Crippen molar-refractivity contribution in [1.82, 2.24) is 5.32 Å². The normalized spacial score (nSPS) is 10.6. The molecule has 0 aliphatic heterocycles. The molecule has 0 saturated carbocycles. The minimum atomic E-state index is 0.897. The molecule has 0 heterocycles. The fourth-order valence-corrected chi connectivity index (χ4v) is 1.61. The van der Waals surface area contributed by atoms with Crippen LogP contribution < -0.4 is 5.32 Å². The summed E-state index contributed by atoms with van der Waals surface area (Å²) in [5.41, 5.74) is 0. The topological polar surface area (TPSA) is 21.3 Å². The molecular formula is C10H23NOS. The maximum atomic E-state index is 4.97. The van der Waals surface area contributed by atoms with Crippen molar-refractivity contribution in [3.63, 3.8) is 0 Å². The summed E-state index contributed by atoms with van der Waals surface area (Å²) in [4.78, 5) is 0. The van der Waals surface area contributed by atoms with E-state index in [1.807, 2.05) is 11.8 Å². The molecule has 3 heteroatoms. The molecule has 0 unspecified atom stereocenters. The van der Waals surface area contributed by atoms with Crippen molar-refractivity contribution in [2.24, 2.45) is 0 Å². The van der Waals surface area contributed by atoms with Gasteiger partial charge >= 0.3 is 0 Å². The van der Waals surface area contributed by atoms with Gasteiger partial charge in [-0.2, -0.15) is 11.8 Å². The second-order valence-corrected chi connectivity index (χ2v) is 4.14. The minimum absolute atomic E-state index is 0.897. The van der Waals surface area contributed by atoms with Crippen molar-refractivity contribution >= 4 is 11.8 Å². The largest absolute Gasteiger partial charge is 0.385 e. The lowest BCUT2D eigenvalue weighted by Crippen LogP contribution is -2.17. The zero-order chi connectivity index (χ0) is 9.78. The number of methoxy groups -OCH3 is 1. The summed E-state index contributed by atoms with van der Waals surface area (Å²) < 4.78 is 4.97. The Hall–Kier alpha value is 0.270. The Morgan fingerprint density at radius 1 is 1.08 bits per heavy atom. The van der Waals surface area contributed by atoms with E-state index in [0.29, 0.717) is 0 Å². The van der Waals surface area contributed by atoms with Gasteiger partial charge in [-0.3, -0.25) is 0 Å². The molecule has 0 aromatic carbocycles. The lowest BCUT2D eigenvalue weighted by molar-refractivity contribution is 0.192. The molecule has 0 aromatic rings. The fourth-order valence-electron chi connectivity index (χ4n) is 1.12. The smallest absolute Gasteiger partial charge is 0.0462 e. The number of ether oxygens (including phenoxy) is 1. The third-order valence-corrected chi connectivity index (χ3v) is 2.60. The van der Waals surface area contributed by atoms with Crippen LogP contribution in [0.2, 0.25) is 0 Å². The van der Waals surface area contributed by atoms with Crippen LogP contribution >= 0.6 is 11.8 Å². The predicted molar refractivity (Wildman–Crippen MR) is 61.6 cm³/mol. The van der Waals surface area contributed by atoms with E-state index in [0.717, 1.165) is 13.2 Å². The Kier molecular flexibility index (Phi) is 12.5. The van der Waals surface area contributed by atoms with Gasteiger partial charge in [0.25, 0.3) is 0 Å². The molecule has 0 aliphatic rings. The Bertz CT molecular complexity index is 81.0. The van der Waals surface area contributed by atoms with Gasteiger partial charge in [0, 0.05) is 13.7 Å². The van der Waals surface area contributed by atoms with Gasteiger partial charge in [0.2, 0.25) is 0 Å². The van der Waals surface area contributed by atoms with Crippen molar-refractivity contribution in [2.45, 2.75) is 25.7 Å². The Labute approximate surface area is 86.8 Å².